The standard InChI is InChI=1S/C21H22N2O/c1-16(24)22-13-11-17(12-14-22)20-15-23(18-7-3-2-4-8-18)21-10-6-5-9-19(20)21/h2-10,15,17H,11-14H2,1H3. The average Bonchev–Trinajstić information content (AvgIpc) is 3.02. The lowest BCUT2D eigenvalue weighted by atomic mass is 9.89. The molecular weight excluding hydrogens is 296 g/mol. The second-order valence-corrected chi connectivity index (χ2v) is 6.59. The van der Waals surface area contributed by atoms with Crippen LogP contribution < -0.4 is 0 Å². The molecule has 1 saturated heterocycles. The lowest BCUT2D eigenvalue weighted by Crippen LogP contribution is -2.36. The van der Waals surface area contributed by atoms with E-state index in [2.05, 4.69) is 59.3 Å². The van der Waals surface area contributed by atoms with Gasteiger partial charge in [0.2, 0.25) is 5.91 Å². The molecule has 0 bridgehead atoms. The topological polar surface area (TPSA) is 25.2 Å². The lowest BCUT2D eigenvalue weighted by Gasteiger charge is -2.31. The summed E-state index contributed by atoms with van der Waals surface area (Å²) in [6, 6.07) is 19.1. The van der Waals surface area contributed by atoms with Crippen molar-refractivity contribution < 1.29 is 4.79 Å². The number of benzene rings is 2. The number of nitrogens with zero attached hydrogens (tertiary/aromatic N) is 2. The highest BCUT2D eigenvalue weighted by Crippen LogP contribution is 2.35. The fourth-order valence-electron chi connectivity index (χ4n) is 3.84. The number of carbonyl (C=O) groups excluding carboxylic acids is 1. The van der Waals surface area contributed by atoms with Gasteiger partial charge in [-0.3, -0.25) is 4.79 Å². The number of fused-ring (bicyclic) bond motifs is 1. The first-order valence-electron chi connectivity index (χ1n) is 8.65. The summed E-state index contributed by atoms with van der Waals surface area (Å²) < 4.78 is 2.29. The fraction of sp³-hybridized carbons (Fsp3) is 0.286. The number of aromatic nitrogens is 1. The molecule has 122 valence electrons. The van der Waals surface area contributed by atoms with Gasteiger partial charge in [-0.25, -0.2) is 0 Å². The molecule has 1 aliphatic rings. The van der Waals surface area contributed by atoms with Crippen molar-refractivity contribution in [3.8, 4) is 5.69 Å². The van der Waals surface area contributed by atoms with Crippen molar-refractivity contribution in [3.05, 3.63) is 66.4 Å². The second kappa shape index (κ2) is 6.16. The monoisotopic (exact) mass is 318 g/mol. The fourth-order valence-corrected chi connectivity index (χ4v) is 3.84. The zero-order valence-corrected chi connectivity index (χ0v) is 14.0. The van der Waals surface area contributed by atoms with Crippen molar-refractivity contribution in [2.24, 2.45) is 0 Å². The molecule has 0 spiro atoms. The summed E-state index contributed by atoms with van der Waals surface area (Å²) in [5.74, 6) is 0.718. The third kappa shape index (κ3) is 2.60. The first kappa shape index (κ1) is 15.0. The molecule has 4 rings (SSSR count). The second-order valence-electron chi connectivity index (χ2n) is 6.59. The van der Waals surface area contributed by atoms with Crippen molar-refractivity contribution in [1.29, 1.82) is 0 Å². The first-order valence-corrected chi connectivity index (χ1v) is 8.65. The molecule has 2 heterocycles. The van der Waals surface area contributed by atoms with Crippen molar-refractivity contribution in [2.45, 2.75) is 25.7 Å². The molecule has 0 radical (unpaired) electrons. The Bertz CT molecular complexity index is 858. The van der Waals surface area contributed by atoms with Gasteiger partial charge in [0.1, 0.15) is 0 Å². The number of rotatable bonds is 2. The Balaban J connectivity index is 1.73. The van der Waals surface area contributed by atoms with E-state index in [1.54, 1.807) is 6.92 Å². The van der Waals surface area contributed by atoms with E-state index in [-0.39, 0.29) is 5.91 Å². The molecule has 0 unspecified atom stereocenters. The van der Waals surface area contributed by atoms with E-state index < -0.39 is 0 Å². The van der Waals surface area contributed by atoms with Gasteiger partial charge in [0.25, 0.3) is 0 Å². The summed E-state index contributed by atoms with van der Waals surface area (Å²) in [6.07, 6.45) is 4.39. The third-order valence-corrected chi connectivity index (χ3v) is 5.16. The maximum atomic E-state index is 11.6. The highest BCUT2D eigenvalue weighted by atomic mass is 16.2. The minimum Gasteiger partial charge on any atom is -0.343 e. The molecule has 3 nitrogen and oxygen atoms in total. The molecule has 2 aromatic carbocycles. The Morgan fingerprint density at radius 1 is 0.958 bits per heavy atom. The van der Waals surface area contributed by atoms with E-state index in [1.807, 2.05) is 11.0 Å². The highest BCUT2D eigenvalue weighted by Gasteiger charge is 2.24. The summed E-state index contributed by atoms with van der Waals surface area (Å²) in [5.41, 5.74) is 3.87. The molecule has 3 aromatic rings. The van der Waals surface area contributed by atoms with Gasteiger partial charge in [-0.2, -0.15) is 0 Å². The lowest BCUT2D eigenvalue weighted by molar-refractivity contribution is -0.129. The van der Waals surface area contributed by atoms with E-state index in [4.69, 9.17) is 0 Å². The molecule has 1 amide bonds. The molecule has 0 aliphatic carbocycles. The maximum Gasteiger partial charge on any atom is 0.219 e. The first-order chi connectivity index (χ1) is 11.7. The molecule has 0 atom stereocenters. The van der Waals surface area contributed by atoms with Crippen LogP contribution >= 0.6 is 0 Å². The summed E-state index contributed by atoms with van der Waals surface area (Å²) >= 11 is 0. The number of hydrogen-bond acceptors (Lipinski definition) is 1. The normalized spacial score (nSPS) is 15.8. The van der Waals surface area contributed by atoms with Crippen LogP contribution in [0.1, 0.15) is 31.2 Å². The van der Waals surface area contributed by atoms with Crippen molar-refractivity contribution >= 4 is 16.8 Å². The van der Waals surface area contributed by atoms with Crippen LogP contribution in [0.5, 0.6) is 0 Å². The van der Waals surface area contributed by atoms with Crippen LogP contribution in [0.15, 0.2) is 60.8 Å². The SMILES string of the molecule is CC(=O)N1CCC(c2cn(-c3ccccc3)c3ccccc23)CC1. The quantitative estimate of drug-likeness (QED) is 0.689. The molecule has 3 heteroatoms. The van der Waals surface area contributed by atoms with Gasteiger partial charge in [-0.1, -0.05) is 36.4 Å². The van der Waals surface area contributed by atoms with Crippen LogP contribution in [0.4, 0.5) is 0 Å². The van der Waals surface area contributed by atoms with Crippen molar-refractivity contribution in [3.63, 3.8) is 0 Å². The van der Waals surface area contributed by atoms with Crippen LogP contribution in [-0.4, -0.2) is 28.5 Å². The van der Waals surface area contributed by atoms with Crippen LogP contribution in [0.3, 0.4) is 0 Å². The van der Waals surface area contributed by atoms with Crippen LogP contribution in [0, 0.1) is 0 Å². The van der Waals surface area contributed by atoms with Gasteiger partial charge in [0.05, 0.1) is 5.52 Å². The molecule has 24 heavy (non-hydrogen) atoms. The molecule has 0 N–H and O–H groups in total. The average molecular weight is 318 g/mol. The summed E-state index contributed by atoms with van der Waals surface area (Å²) in [7, 11) is 0. The minimum absolute atomic E-state index is 0.195. The van der Waals surface area contributed by atoms with Crippen LogP contribution in [0.25, 0.3) is 16.6 Å². The van der Waals surface area contributed by atoms with E-state index in [0.29, 0.717) is 5.92 Å². The predicted molar refractivity (Wildman–Crippen MR) is 97.5 cm³/mol. The zero-order valence-electron chi connectivity index (χ0n) is 14.0. The van der Waals surface area contributed by atoms with Crippen LogP contribution in [0.2, 0.25) is 0 Å². The number of hydrogen-bond donors (Lipinski definition) is 0. The van der Waals surface area contributed by atoms with Gasteiger partial charge in [-0.15, -0.1) is 0 Å². The van der Waals surface area contributed by atoms with Crippen molar-refractivity contribution in [1.82, 2.24) is 9.47 Å². The largest absolute Gasteiger partial charge is 0.343 e. The molecule has 1 fully saturated rings. The third-order valence-electron chi connectivity index (χ3n) is 5.16. The maximum absolute atomic E-state index is 11.6. The smallest absolute Gasteiger partial charge is 0.219 e. The Kier molecular flexibility index (Phi) is 3.85. The summed E-state index contributed by atoms with van der Waals surface area (Å²) in [5, 5.41) is 1.34. The van der Waals surface area contributed by atoms with Gasteiger partial charge in [0.15, 0.2) is 0 Å². The van der Waals surface area contributed by atoms with E-state index >= 15 is 0 Å². The Hall–Kier alpha value is -2.55. The van der Waals surface area contributed by atoms with Gasteiger partial charge in [-0.05, 0) is 42.5 Å². The van der Waals surface area contributed by atoms with E-state index in [1.165, 1.54) is 22.2 Å². The number of carbonyl (C=O) groups is 1. The van der Waals surface area contributed by atoms with Gasteiger partial charge >= 0.3 is 0 Å². The van der Waals surface area contributed by atoms with Gasteiger partial charge in [0, 0.05) is 37.3 Å². The predicted octanol–water partition coefficient (Wildman–Crippen LogP) is 4.36. The minimum atomic E-state index is 0.195. The summed E-state index contributed by atoms with van der Waals surface area (Å²) in [6.45, 7) is 3.40. The molecular formula is C21H22N2O. The molecule has 0 saturated carbocycles. The Morgan fingerprint density at radius 2 is 1.62 bits per heavy atom. The zero-order chi connectivity index (χ0) is 16.5. The van der Waals surface area contributed by atoms with Crippen LogP contribution in [-0.2, 0) is 4.79 Å². The highest BCUT2D eigenvalue weighted by molar-refractivity contribution is 5.86. The van der Waals surface area contributed by atoms with Crippen molar-refractivity contribution in [2.75, 3.05) is 13.1 Å². The molecule has 1 aromatic heterocycles. The number of likely N-dealkylation sites (tertiary alicyclic amines) is 1. The number of para-hydroxylation sites is 2. The number of amides is 1. The Morgan fingerprint density at radius 3 is 2.33 bits per heavy atom. The summed E-state index contributed by atoms with van der Waals surface area (Å²) in [4.78, 5) is 13.5. The Labute approximate surface area is 142 Å². The number of piperidine rings is 1. The van der Waals surface area contributed by atoms with E-state index in [9.17, 15) is 4.79 Å². The van der Waals surface area contributed by atoms with Gasteiger partial charge < -0.3 is 9.47 Å². The van der Waals surface area contributed by atoms with E-state index in [0.717, 1.165) is 25.9 Å². The molecule has 1 aliphatic heterocycles.